The summed E-state index contributed by atoms with van der Waals surface area (Å²) in [5, 5.41) is 9.37. The number of hydrogen-bond donors (Lipinski definition) is 3. The minimum absolute atomic E-state index is 0.0252. The van der Waals surface area contributed by atoms with Gasteiger partial charge in [0.1, 0.15) is 0 Å². The predicted octanol–water partition coefficient (Wildman–Crippen LogP) is 6.34. The summed E-state index contributed by atoms with van der Waals surface area (Å²) in [5.41, 5.74) is 3.94. The first kappa shape index (κ1) is 25.4. The highest BCUT2D eigenvalue weighted by atomic mass is 35.5. The zero-order chi connectivity index (χ0) is 24.7. The lowest BCUT2D eigenvalue weighted by molar-refractivity contribution is -0.119. The highest BCUT2D eigenvalue weighted by Gasteiger charge is 2.14. The molecule has 34 heavy (non-hydrogen) atoms. The van der Waals surface area contributed by atoms with Crippen LogP contribution in [0.3, 0.4) is 0 Å². The van der Waals surface area contributed by atoms with Crippen molar-refractivity contribution in [1.82, 2.24) is 5.32 Å². The van der Waals surface area contributed by atoms with Gasteiger partial charge in [0, 0.05) is 28.4 Å². The second-order valence-corrected chi connectivity index (χ2v) is 9.77. The summed E-state index contributed by atoms with van der Waals surface area (Å²) < 4.78 is 0. The summed E-state index contributed by atoms with van der Waals surface area (Å²) in [7, 11) is 0. The summed E-state index contributed by atoms with van der Waals surface area (Å²) in [4.78, 5) is 24.9. The van der Waals surface area contributed by atoms with Crippen LogP contribution in [0.5, 0.6) is 0 Å². The van der Waals surface area contributed by atoms with Crippen molar-refractivity contribution >= 4 is 52.1 Å². The number of nitrogens with one attached hydrogen (secondary N) is 3. The Hall–Kier alpha value is -3.22. The Morgan fingerprint density at radius 1 is 0.882 bits per heavy atom. The number of hydrogen-bond acceptors (Lipinski definition) is 3. The van der Waals surface area contributed by atoms with Crippen LogP contribution in [-0.2, 0) is 16.6 Å². The molecule has 3 aromatic rings. The predicted molar refractivity (Wildman–Crippen MR) is 144 cm³/mol. The Morgan fingerprint density at radius 3 is 2.18 bits per heavy atom. The molecule has 0 fully saturated rings. The molecule has 0 aromatic heterocycles. The fourth-order valence-electron chi connectivity index (χ4n) is 3.30. The van der Waals surface area contributed by atoms with Crippen LogP contribution in [0, 0.1) is 0 Å². The first-order valence-corrected chi connectivity index (χ1v) is 11.8. The molecule has 0 unspecified atom stereocenters. The van der Waals surface area contributed by atoms with E-state index in [4.69, 9.17) is 23.8 Å². The molecule has 7 heteroatoms. The van der Waals surface area contributed by atoms with E-state index >= 15 is 0 Å². The van der Waals surface area contributed by atoms with E-state index in [9.17, 15) is 9.59 Å². The van der Waals surface area contributed by atoms with Crippen molar-refractivity contribution in [3.05, 3.63) is 94.5 Å². The SMILES string of the molecule is CC(C)(C)c1ccc(C(=O)Nc2cccc(NC(=S)NC(=O)CCc3ccccc3Cl)c2)cc1. The highest BCUT2D eigenvalue weighted by Crippen LogP contribution is 2.23. The van der Waals surface area contributed by atoms with Gasteiger partial charge in [0.05, 0.1) is 0 Å². The largest absolute Gasteiger partial charge is 0.332 e. The third kappa shape index (κ3) is 7.40. The molecule has 3 rings (SSSR count). The lowest BCUT2D eigenvalue weighted by atomic mass is 9.87. The van der Waals surface area contributed by atoms with E-state index in [-0.39, 0.29) is 28.8 Å². The maximum atomic E-state index is 12.6. The van der Waals surface area contributed by atoms with Gasteiger partial charge in [0.2, 0.25) is 5.91 Å². The molecule has 3 N–H and O–H groups in total. The Morgan fingerprint density at radius 2 is 1.53 bits per heavy atom. The number of carbonyl (C=O) groups excluding carboxylic acids is 2. The van der Waals surface area contributed by atoms with Crippen LogP contribution >= 0.6 is 23.8 Å². The van der Waals surface area contributed by atoms with Crippen molar-refractivity contribution in [3.63, 3.8) is 0 Å². The van der Waals surface area contributed by atoms with Gasteiger partial charge in [-0.05, 0) is 71.6 Å². The normalized spacial score (nSPS) is 10.9. The average molecular weight is 494 g/mol. The van der Waals surface area contributed by atoms with Gasteiger partial charge in [-0.25, -0.2) is 0 Å². The maximum absolute atomic E-state index is 12.6. The van der Waals surface area contributed by atoms with Crippen molar-refractivity contribution in [2.45, 2.75) is 39.0 Å². The summed E-state index contributed by atoms with van der Waals surface area (Å²) in [6.45, 7) is 6.39. The van der Waals surface area contributed by atoms with E-state index in [2.05, 4.69) is 36.7 Å². The molecule has 176 valence electrons. The third-order valence-electron chi connectivity index (χ3n) is 5.22. The standard InChI is InChI=1S/C27H28ClN3O2S/c1-27(2,3)20-14-11-19(12-15-20)25(33)29-21-8-6-9-22(17-21)30-26(34)31-24(32)16-13-18-7-4-5-10-23(18)28/h4-12,14-15,17H,13,16H2,1-3H3,(H,29,33)(H2,30,31,32,34). The Balaban J connectivity index is 1.53. The molecule has 2 amide bonds. The molecule has 0 saturated carbocycles. The van der Waals surface area contributed by atoms with Crippen LogP contribution in [0.15, 0.2) is 72.8 Å². The quantitative estimate of drug-likeness (QED) is 0.350. The number of anilines is 2. The fourth-order valence-corrected chi connectivity index (χ4v) is 3.76. The molecular weight excluding hydrogens is 466 g/mol. The van der Waals surface area contributed by atoms with E-state index in [1.807, 2.05) is 42.5 Å². The lowest BCUT2D eigenvalue weighted by Gasteiger charge is -2.19. The first-order chi connectivity index (χ1) is 16.1. The van der Waals surface area contributed by atoms with Gasteiger partial charge in [0.25, 0.3) is 5.91 Å². The zero-order valence-corrected chi connectivity index (χ0v) is 21.0. The molecule has 0 spiro atoms. The number of rotatable bonds is 6. The van der Waals surface area contributed by atoms with Crippen LogP contribution in [0.4, 0.5) is 11.4 Å². The van der Waals surface area contributed by atoms with Crippen molar-refractivity contribution in [3.8, 4) is 0 Å². The molecule has 3 aromatic carbocycles. The molecule has 0 aliphatic carbocycles. The fraction of sp³-hybridized carbons (Fsp3) is 0.222. The minimum atomic E-state index is -0.208. The van der Waals surface area contributed by atoms with E-state index < -0.39 is 0 Å². The summed E-state index contributed by atoms with van der Waals surface area (Å²) >= 11 is 11.4. The molecule has 0 aliphatic heterocycles. The van der Waals surface area contributed by atoms with Gasteiger partial charge < -0.3 is 16.0 Å². The molecule has 5 nitrogen and oxygen atoms in total. The number of carbonyl (C=O) groups is 2. The van der Waals surface area contributed by atoms with Gasteiger partial charge in [-0.1, -0.05) is 68.8 Å². The summed E-state index contributed by atoms with van der Waals surface area (Å²) in [6, 6.07) is 22.2. The van der Waals surface area contributed by atoms with Crippen LogP contribution < -0.4 is 16.0 Å². The van der Waals surface area contributed by atoms with Crippen molar-refractivity contribution in [2.24, 2.45) is 0 Å². The van der Waals surface area contributed by atoms with Crippen LogP contribution in [0.1, 0.15) is 48.7 Å². The number of halogens is 1. The smallest absolute Gasteiger partial charge is 0.255 e. The maximum Gasteiger partial charge on any atom is 0.255 e. The molecular formula is C27H28ClN3O2S. The Bertz CT molecular complexity index is 1190. The van der Waals surface area contributed by atoms with Crippen LogP contribution in [0.25, 0.3) is 0 Å². The molecule has 0 heterocycles. The summed E-state index contributed by atoms with van der Waals surface area (Å²) in [5.74, 6) is -0.409. The Kier molecular flexibility index (Phi) is 8.42. The number of thiocarbonyl (C=S) groups is 1. The molecule has 0 bridgehead atoms. The molecule has 0 radical (unpaired) electrons. The first-order valence-electron chi connectivity index (χ1n) is 11.0. The molecule has 0 saturated heterocycles. The third-order valence-corrected chi connectivity index (χ3v) is 5.80. The molecule has 0 aliphatic rings. The Labute approximate surface area is 210 Å². The van der Waals surface area contributed by atoms with E-state index in [1.54, 1.807) is 30.3 Å². The monoisotopic (exact) mass is 493 g/mol. The van der Waals surface area contributed by atoms with E-state index in [1.165, 1.54) is 0 Å². The average Bonchev–Trinajstić information content (AvgIpc) is 2.78. The van der Waals surface area contributed by atoms with E-state index in [0.29, 0.717) is 28.4 Å². The van der Waals surface area contributed by atoms with Gasteiger partial charge in [0.15, 0.2) is 5.11 Å². The lowest BCUT2D eigenvalue weighted by Crippen LogP contribution is -2.34. The molecule has 0 atom stereocenters. The van der Waals surface area contributed by atoms with Crippen molar-refractivity contribution in [1.29, 1.82) is 0 Å². The van der Waals surface area contributed by atoms with Crippen molar-refractivity contribution in [2.75, 3.05) is 10.6 Å². The topological polar surface area (TPSA) is 70.2 Å². The van der Waals surface area contributed by atoms with Gasteiger partial charge in [-0.2, -0.15) is 0 Å². The highest BCUT2D eigenvalue weighted by molar-refractivity contribution is 7.80. The van der Waals surface area contributed by atoms with Gasteiger partial charge in [-0.3, -0.25) is 9.59 Å². The number of aryl methyl sites for hydroxylation is 1. The second-order valence-electron chi connectivity index (χ2n) is 8.96. The second kappa shape index (κ2) is 11.3. The number of amides is 2. The zero-order valence-electron chi connectivity index (χ0n) is 19.4. The minimum Gasteiger partial charge on any atom is -0.332 e. The summed E-state index contributed by atoms with van der Waals surface area (Å²) in [6.07, 6.45) is 0.780. The van der Waals surface area contributed by atoms with Crippen LogP contribution in [0.2, 0.25) is 5.02 Å². The van der Waals surface area contributed by atoms with Crippen LogP contribution in [-0.4, -0.2) is 16.9 Å². The van der Waals surface area contributed by atoms with E-state index in [0.717, 1.165) is 11.1 Å². The number of benzene rings is 3. The van der Waals surface area contributed by atoms with Crippen molar-refractivity contribution < 1.29 is 9.59 Å². The van der Waals surface area contributed by atoms with Gasteiger partial charge in [-0.15, -0.1) is 0 Å². The van der Waals surface area contributed by atoms with Gasteiger partial charge >= 0.3 is 0 Å².